The van der Waals surface area contributed by atoms with Crippen molar-refractivity contribution in [1.82, 2.24) is 21.3 Å². The third-order valence-corrected chi connectivity index (χ3v) is 4.34. The molecule has 0 spiro atoms. The number of benzene rings is 2. The molecule has 0 saturated heterocycles. The van der Waals surface area contributed by atoms with E-state index in [1.54, 1.807) is 12.2 Å². The Bertz CT molecular complexity index is 1020. The van der Waals surface area contributed by atoms with Crippen molar-refractivity contribution in [2.75, 3.05) is 10.6 Å². The van der Waals surface area contributed by atoms with Crippen LogP contribution in [0.4, 0.5) is 11.4 Å². The minimum Gasteiger partial charge on any atom is -0.384 e. The molecule has 12 nitrogen and oxygen atoms in total. The molecule has 0 amide bonds. The van der Waals surface area contributed by atoms with Crippen molar-refractivity contribution in [3.8, 4) is 0 Å². The fourth-order valence-electron chi connectivity index (χ4n) is 2.93. The fourth-order valence-corrected chi connectivity index (χ4v) is 2.93. The zero-order valence-electron chi connectivity index (χ0n) is 17.0. The number of rotatable bonds is 4. The van der Waals surface area contributed by atoms with E-state index in [0.29, 0.717) is 23.3 Å². The highest BCUT2D eigenvalue weighted by Crippen LogP contribution is 2.16. The zero-order chi connectivity index (χ0) is 22.5. The molecule has 2 aliphatic rings. The Morgan fingerprint density at radius 1 is 0.656 bits per heavy atom. The minimum atomic E-state index is 0.399. The number of nitrogens with two attached hydrogens (primary N) is 4. The summed E-state index contributed by atoms with van der Waals surface area (Å²) in [6, 6.07) is 15.8. The van der Waals surface area contributed by atoms with E-state index in [1.807, 2.05) is 60.7 Å². The van der Waals surface area contributed by atoms with Gasteiger partial charge < -0.3 is 22.1 Å². The van der Waals surface area contributed by atoms with E-state index in [-0.39, 0.29) is 0 Å². The van der Waals surface area contributed by atoms with Crippen LogP contribution in [0.1, 0.15) is 11.1 Å². The van der Waals surface area contributed by atoms with Gasteiger partial charge in [-0.1, -0.05) is 36.4 Å². The Kier molecular flexibility index (Phi) is 5.78. The Morgan fingerprint density at radius 2 is 1.03 bits per heavy atom. The van der Waals surface area contributed by atoms with E-state index in [4.69, 9.17) is 23.2 Å². The summed E-state index contributed by atoms with van der Waals surface area (Å²) in [6.45, 7) is 0. The summed E-state index contributed by atoms with van der Waals surface area (Å²) in [5.41, 5.74) is 20.6. The van der Waals surface area contributed by atoms with Crippen LogP contribution < -0.4 is 44.6 Å². The quantitative estimate of drug-likeness (QED) is 0.247. The molecule has 2 heterocycles. The lowest BCUT2D eigenvalue weighted by Gasteiger charge is -2.21. The molecule has 12 N–H and O–H groups in total. The van der Waals surface area contributed by atoms with Gasteiger partial charge in [-0.05, 0) is 35.4 Å². The molecule has 12 heteroatoms. The summed E-state index contributed by atoms with van der Waals surface area (Å²) in [7, 11) is 0. The second-order valence-corrected chi connectivity index (χ2v) is 6.91. The van der Waals surface area contributed by atoms with Gasteiger partial charge in [0.1, 0.15) is 11.6 Å². The van der Waals surface area contributed by atoms with Crippen LogP contribution in [0.5, 0.6) is 0 Å². The molecular weight excluding hydrogens is 408 g/mol. The molecule has 0 bridgehead atoms. The maximum absolute atomic E-state index is 5.73. The van der Waals surface area contributed by atoms with Crippen molar-refractivity contribution in [3.05, 3.63) is 83.5 Å². The largest absolute Gasteiger partial charge is 0.384 e. The van der Waals surface area contributed by atoms with Crippen molar-refractivity contribution in [2.24, 2.45) is 33.4 Å². The first-order valence-electron chi connectivity index (χ1n) is 9.60. The van der Waals surface area contributed by atoms with Crippen LogP contribution >= 0.6 is 0 Å². The molecule has 0 atom stereocenters. The van der Waals surface area contributed by atoms with E-state index < -0.39 is 0 Å². The lowest BCUT2D eigenvalue weighted by Crippen LogP contribution is -2.45. The first-order chi connectivity index (χ1) is 15.4. The lowest BCUT2D eigenvalue weighted by atomic mass is 10.1. The van der Waals surface area contributed by atoms with E-state index in [2.05, 4.69) is 31.7 Å². The highest BCUT2D eigenvalue weighted by atomic mass is 15.8. The van der Waals surface area contributed by atoms with Gasteiger partial charge in [-0.3, -0.25) is 10.9 Å². The van der Waals surface area contributed by atoms with Gasteiger partial charge in [0, 0.05) is 23.5 Å². The standard InChI is InChI=1S/C20H24N12/c21-17-11-19(29-31(23)27-17)25-15-7-3-13(4-8-15)1-2-14-5-9-16(10-6-14)26-20-12-18(22)28-32(24)30-20/h1-12,27-28H,21-24H2,(H,25,29)(H,26,30). The molecule has 4 rings (SSSR count). The Balaban J connectivity index is 1.35. The summed E-state index contributed by atoms with van der Waals surface area (Å²) >= 11 is 0. The number of hydrogen-bond acceptors (Lipinski definition) is 12. The number of hydrogen-bond donors (Lipinski definition) is 8. The molecule has 2 aromatic rings. The number of nitrogens with one attached hydrogen (secondary N) is 4. The summed E-state index contributed by atoms with van der Waals surface area (Å²) in [6.07, 6.45) is 7.37. The number of amidine groups is 2. The normalized spacial score (nSPS) is 15.8. The molecule has 0 saturated carbocycles. The molecule has 32 heavy (non-hydrogen) atoms. The monoisotopic (exact) mass is 432 g/mol. The molecular formula is C20H24N12. The minimum absolute atomic E-state index is 0.399. The van der Waals surface area contributed by atoms with E-state index in [1.165, 1.54) is 0 Å². The molecule has 2 aromatic carbocycles. The summed E-state index contributed by atoms with van der Waals surface area (Å²) in [5, 5.41) is 16.6. The second kappa shape index (κ2) is 8.99. The van der Waals surface area contributed by atoms with Gasteiger partial charge >= 0.3 is 0 Å². The Morgan fingerprint density at radius 3 is 1.38 bits per heavy atom. The number of anilines is 2. The fraction of sp³-hybridized carbons (Fsp3) is 0. The summed E-state index contributed by atoms with van der Waals surface area (Å²) < 4.78 is 0. The molecule has 0 aromatic heterocycles. The van der Waals surface area contributed by atoms with Crippen LogP contribution in [-0.2, 0) is 0 Å². The predicted molar refractivity (Wildman–Crippen MR) is 127 cm³/mol. The van der Waals surface area contributed by atoms with Gasteiger partial charge in [0.05, 0.1) is 0 Å². The third kappa shape index (κ3) is 5.47. The van der Waals surface area contributed by atoms with Gasteiger partial charge in [0.2, 0.25) is 0 Å². The van der Waals surface area contributed by atoms with Gasteiger partial charge in [-0.2, -0.15) is 0 Å². The average molecular weight is 432 g/mol. The van der Waals surface area contributed by atoms with Gasteiger partial charge in [0.15, 0.2) is 11.7 Å². The molecule has 0 radical (unpaired) electrons. The number of hydrazone groups is 2. The van der Waals surface area contributed by atoms with E-state index in [0.717, 1.165) is 33.0 Å². The molecule has 0 unspecified atom stereocenters. The predicted octanol–water partition coefficient (Wildman–Crippen LogP) is 0.296. The van der Waals surface area contributed by atoms with Crippen LogP contribution in [0.2, 0.25) is 0 Å². The van der Waals surface area contributed by atoms with Crippen molar-refractivity contribution < 1.29 is 0 Å². The van der Waals surface area contributed by atoms with Crippen LogP contribution in [0.15, 0.2) is 82.5 Å². The van der Waals surface area contributed by atoms with Crippen molar-refractivity contribution in [3.63, 3.8) is 0 Å². The van der Waals surface area contributed by atoms with Crippen molar-refractivity contribution in [1.29, 1.82) is 0 Å². The molecule has 0 aliphatic carbocycles. The van der Waals surface area contributed by atoms with Crippen molar-refractivity contribution in [2.45, 2.75) is 0 Å². The van der Waals surface area contributed by atoms with Crippen LogP contribution in [0.25, 0.3) is 12.2 Å². The highest BCUT2D eigenvalue weighted by Gasteiger charge is 2.08. The van der Waals surface area contributed by atoms with Crippen molar-refractivity contribution >= 4 is 35.2 Å². The number of hydrazine groups is 4. The second-order valence-electron chi connectivity index (χ2n) is 6.91. The number of nitrogens with zero attached hydrogens (tertiary/aromatic N) is 4. The molecule has 2 aliphatic heterocycles. The molecule has 0 fully saturated rings. The Hall–Kier alpha value is -4.68. The van der Waals surface area contributed by atoms with Crippen LogP contribution in [-0.4, -0.2) is 22.1 Å². The zero-order valence-corrected chi connectivity index (χ0v) is 17.0. The van der Waals surface area contributed by atoms with Crippen LogP contribution in [0, 0.1) is 0 Å². The van der Waals surface area contributed by atoms with Gasteiger partial charge in [0.25, 0.3) is 0 Å². The van der Waals surface area contributed by atoms with Crippen LogP contribution in [0.3, 0.4) is 0 Å². The van der Waals surface area contributed by atoms with Gasteiger partial charge in [-0.25, -0.2) is 11.7 Å². The molecule has 164 valence electrons. The van der Waals surface area contributed by atoms with E-state index >= 15 is 0 Å². The maximum atomic E-state index is 5.73. The first kappa shape index (κ1) is 20.6. The smallest absolute Gasteiger partial charge is 0.157 e. The van der Waals surface area contributed by atoms with E-state index in [9.17, 15) is 0 Å². The Labute approximate surface area is 184 Å². The van der Waals surface area contributed by atoms with Gasteiger partial charge in [-0.15, -0.1) is 20.7 Å². The topological polar surface area (TPSA) is 183 Å². The first-order valence-corrected chi connectivity index (χ1v) is 9.60. The third-order valence-electron chi connectivity index (χ3n) is 4.34. The highest BCUT2D eigenvalue weighted by molar-refractivity contribution is 6.04. The SMILES string of the molecule is NC1=CC(Nc2ccc(C=Cc3ccc(NC4=NN(N)NC(N)=C4)cc3)cc2)=NN(N)N1. The summed E-state index contributed by atoms with van der Waals surface area (Å²) in [4.78, 5) is 0. The maximum Gasteiger partial charge on any atom is 0.157 e. The average Bonchev–Trinajstić information content (AvgIpc) is 2.73. The lowest BCUT2D eigenvalue weighted by molar-refractivity contribution is 0.224. The summed E-state index contributed by atoms with van der Waals surface area (Å²) in [5.74, 6) is 13.1.